The molecule has 0 aliphatic carbocycles. The minimum absolute atomic E-state index is 0.0677. The van der Waals surface area contributed by atoms with Gasteiger partial charge in [-0.15, -0.1) is 0 Å². The maximum absolute atomic E-state index is 12.0. The number of rotatable bonds is 0. The molecule has 0 aliphatic rings. The molecule has 0 saturated carbocycles. The highest BCUT2D eigenvalue weighted by Crippen LogP contribution is 2.35. The second-order valence-electron chi connectivity index (χ2n) is 2.25. The smallest absolute Gasteiger partial charge is 0.415 e. The predicted octanol–water partition coefficient (Wildman–Crippen LogP) is 1.36. The van der Waals surface area contributed by atoms with Gasteiger partial charge in [-0.05, 0) is 12.1 Å². The van der Waals surface area contributed by atoms with E-state index in [0.29, 0.717) is 6.07 Å². The van der Waals surface area contributed by atoms with E-state index >= 15 is 0 Å². The van der Waals surface area contributed by atoms with Crippen molar-refractivity contribution in [2.24, 2.45) is 0 Å². The molecule has 0 saturated heterocycles. The lowest BCUT2D eigenvalue weighted by Gasteiger charge is -2.15. The van der Waals surface area contributed by atoms with Gasteiger partial charge in [0.2, 0.25) is 0 Å². The van der Waals surface area contributed by atoms with Crippen molar-refractivity contribution in [3.63, 3.8) is 0 Å². The highest BCUT2D eigenvalue weighted by atomic mass is 19.4. The Kier molecular flexibility index (Phi) is 1.87. The van der Waals surface area contributed by atoms with Crippen LogP contribution in [-0.4, -0.2) is 0 Å². The first-order valence-corrected chi connectivity index (χ1v) is 3.05. The van der Waals surface area contributed by atoms with E-state index in [-0.39, 0.29) is 5.69 Å². The Morgan fingerprint density at radius 3 is 2.25 bits per heavy atom. The van der Waals surface area contributed by atoms with Crippen LogP contribution in [0.4, 0.5) is 18.9 Å². The van der Waals surface area contributed by atoms with Gasteiger partial charge in [0.05, 0.1) is 0 Å². The van der Waals surface area contributed by atoms with Crippen molar-refractivity contribution in [3.05, 3.63) is 23.8 Å². The fourth-order valence-electron chi connectivity index (χ4n) is 0.769. The van der Waals surface area contributed by atoms with E-state index in [2.05, 4.69) is 0 Å². The summed E-state index contributed by atoms with van der Waals surface area (Å²) in [7, 11) is 0. The van der Waals surface area contributed by atoms with Gasteiger partial charge in [-0.25, -0.2) is 0 Å². The fraction of sp³-hybridized carbons (Fsp3) is 0.143. The van der Waals surface area contributed by atoms with Gasteiger partial charge >= 0.3 is 6.18 Å². The van der Waals surface area contributed by atoms with Crippen LogP contribution in [0.3, 0.4) is 0 Å². The monoisotopic (exact) mass is 176 g/mol. The fourth-order valence-corrected chi connectivity index (χ4v) is 0.769. The number of anilines is 1. The summed E-state index contributed by atoms with van der Waals surface area (Å²) < 4.78 is 35.9. The quantitative estimate of drug-likeness (QED) is 0.606. The van der Waals surface area contributed by atoms with E-state index in [0.717, 1.165) is 12.1 Å². The number of nitrogen functional groups attached to an aromatic ring is 1. The maximum atomic E-state index is 12.0. The Morgan fingerprint density at radius 1 is 1.25 bits per heavy atom. The number of halogens is 3. The number of hydrogen-bond donors (Lipinski definition) is 1. The molecule has 0 fully saturated rings. The Hall–Kier alpha value is -1.39. The lowest BCUT2D eigenvalue weighted by Crippen LogP contribution is -2.10. The summed E-state index contributed by atoms with van der Waals surface area (Å²) in [5, 5.41) is 10.6. The van der Waals surface area contributed by atoms with E-state index in [1.54, 1.807) is 0 Å². The van der Waals surface area contributed by atoms with Gasteiger partial charge in [0.15, 0.2) is 0 Å². The number of alkyl halides is 3. The van der Waals surface area contributed by atoms with Crippen LogP contribution in [0.1, 0.15) is 5.56 Å². The standard InChI is InChI=1S/C7H6F3NO/c8-7(9,10)5-3-4(11)1-2-6(5)12/h1-3,12H,11H2/p-1. The van der Waals surface area contributed by atoms with Crippen molar-refractivity contribution in [2.45, 2.75) is 6.18 Å². The zero-order valence-electron chi connectivity index (χ0n) is 5.85. The molecular formula is C7H5F3NO-. The molecule has 1 aromatic rings. The zero-order chi connectivity index (χ0) is 9.35. The molecule has 1 aromatic carbocycles. The van der Waals surface area contributed by atoms with Crippen molar-refractivity contribution in [1.29, 1.82) is 0 Å². The van der Waals surface area contributed by atoms with Crippen LogP contribution in [0.15, 0.2) is 18.2 Å². The van der Waals surface area contributed by atoms with Crippen molar-refractivity contribution >= 4 is 5.69 Å². The predicted molar refractivity (Wildman–Crippen MR) is 35.3 cm³/mol. The van der Waals surface area contributed by atoms with Crippen LogP contribution in [0.5, 0.6) is 5.75 Å². The summed E-state index contributed by atoms with van der Waals surface area (Å²) in [4.78, 5) is 0. The molecule has 1 rings (SSSR count). The molecule has 0 atom stereocenters. The largest absolute Gasteiger partial charge is 0.872 e. The Morgan fingerprint density at radius 2 is 1.83 bits per heavy atom. The van der Waals surface area contributed by atoms with Crippen molar-refractivity contribution < 1.29 is 18.3 Å². The molecule has 0 bridgehead atoms. The molecule has 12 heavy (non-hydrogen) atoms. The summed E-state index contributed by atoms with van der Waals surface area (Å²) in [5.41, 5.74) is 3.80. The van der Waals surface area contributed by atoms with Crippen LogP contribution in [0, 0.1) is 0 Å². The van der Waals surface area contributed by atoms with Gasteiger partial charge in [0.1, 0.15) is 0 Å². The molecule has 0 amide bonds. The van der Waals surface area contributed by atoms with E-state index in [4.69, 9.17) is 5.73 Å². The summed E-state index contributed by atoms with van der Waals surface area (Å²) in [5.74, 6) is -1.06. The average molecular weight is 176 g/mol. The topological polar surface area (TPSA) is 49.1 Å². The second kappa shape index (κ2) is 2.58. The van der Waals surface area contributed by atoms with E-state index < -0.39 is 17.5 Å². The molecule has 0 unspecified atom stereocenters. The highest BCUT2D eigenvalue weighted by Gasteiger charge is 2.30. The van der Waals surface area contributed by atoms with Crippen molar-refractivity contribution in [1.82, 2.24) is 0 Å². The lowest BCUT2D eigenvalue weighted by molar-refractivity contribution is -0.276. The third-order valence-electron chi connectivity index (χ3n) is 1.31. The molecule has 2 N–H and O–H groups in total. The number of nitrogens with two attached hydrogens (primary N) is 1. The zero-order valence-corrected chi connectivity index (χ0v) is 5.85. The molecule has 0 aromatic heterocycles. The van der Waals surface area contributed by atoms with Gasteiger partial charge in [-0.2, -0.15) is 13.2 Å². The summed E-state index contributed by atoms with van der Waals surface area (Å²) in [6.45, 7) is 0. The molecule has 66 valence electrons. The summed E-state index contributed by atoms with van der Waals surface area (Å²) in [6, 6.07) is 2.57. The Labute approximate surface area is 66.4 Å². The van der Waals surface area contributed by atoms with Crippen LogP contribution in [-0.2, 0) is 6.18 Å². The third-order valence-corrected chi connectivity index (χ3v) is 1.31. The van der Waals surface area contributed by atoms with Gasteiger partial charge in [-0.3, -0.25) is 0 Å². The third kappa shape index (κ3) is 1.61. The summed E-state index contributed by atoms with van der Waals surface area (Å²) in [6.07, 6.45) is -4.62. The van der Waals surface area contributed by atoms with E-state index in [1.807, 2.05) is 0 Å². The first-order valence-electron chi connectivity index (χ1n) is 3.05. The van der Waals surface area contributed by atoms with Crippen LogP contribution in [0.25, 0.3) is 0 Å². The van der Waals surface area contributed by atoms with Gasteiger partial charge in [0.25, 0.3) is 0 Å². The molecule has 5 heteroatoms. The average Bonchev–Trinajstić information content (AvgIpc) is 1.92. The highest BCUT2D eigenvalue weighted by molar-refractivity contribution is 5.47. The first-order chi connectivity index (χ1) is 5.41. The molecule has 0 aliphatic heterocycles. The van der Waals surface area contributed by atoms with Crippen LogP contribution in [0.2, 0.25) is 0 Å². The van der Waals surface area contributed by atoms with Crippen LogP contribution < -0.4 is 10.8 Å². The van der Waals surface area contributed by atoms with Gasteiger partial charge in [0, 0.05) is 11.3 Å². The molecule has 0 radical (unpaired) electrons. The van der Waals surface area contributed by atoms with Gasteiger partial charge in [-0.1, -0.05) is 11.8 Å². The van der Waals surface area contributed by atoms with Crippen molar-refractivity contribution in [2.75, 3.05) is 5.73 Å². The minimum atomic E-state index is -4.62. The number of hydrogen-bond acceptors (Lipinski definition) is 2. The van der Waals surface area contributed by atoms with Crippen molar-refractivity contribution in [3.8, 4) is 5.75 Å². The van der Waals surface area contributed by atoms with Crippen LogP contribution >= 0.6 is 0 Å². The lowest BCUT2D eigenvalue weighted by atomic mass is 10.2. The van der Waals surface area contributed by atoms with E-state index in [9.17, 15) is 18.3 Å². The second-order valence-corrected chi connectivity index (χ2v) is 2.25. The normalized spacial score (nSPS) is 11.6. The minimum Gasteiger partial charge on any atom is -0.872 e. The first kappa shape index (κ1) is 8.70. The van der Waals surface area contributed by atoms with E-state index in [1.165, 1.54) is 0 Å². The maximum Gasteiger partial charge on any atom is 0.415 e. The molecule has 0 heterocycles. The molecule has 0 spiro atoms. The SMILES string of the molecule is Nc1ccc([O-])c(C(F)(F)F)c1. The summed E-state index contributed by atoms with van der Waals surface area (Å²) >= 11 is 0. The Balaban J connectivity index is 3.23. The van der Waals surface area contributed by atoms with Gasteiger partial charge < -0.3 is 10.8 Å². The number of benzene rings is 1. The molecular weight excluding hydrogens is 171 g/mol. The molecule has 2 nitrogen and oxygen atoms in total. The Bertz CT molecular complexity index is 295.